The molecule has 0 aromatic heterocycles. The van der Waals surface area contributed by atoms with Crippen molar-refractivity contribution in [1.82, 2.24) is 5.06 Å². The van der Waals surface area contributed by atoms with Crippen molar-refractivity contribution in [3.05, 3.63) is 154 Å². The predicted octanol–water partition coefficient (Wildman–Crippen LogP) is 7.67. The average Bonchev–Trinajstić information content (AvgIpc) is 4.22. The van der Waals surface area contributed by atoms with Crippen LogP contribution in [0.3, 0.4) is 0 Å². The minimum Gasteiger partial charge on any atom is -0.475 e. The second-order valence-corrected chi connectivity index (χ2v) is 15.1. The molecule has 2 heterocycles. The van der Waals surface area contributed by atoms with Crippen LogP contribution in [0.2, 0.25) is 0 Å². The Morgan fingerprint density at radius 3 is 1.60 bits per heavy atom. The van der Waals surface area contributed by atoms with Crippen LogP contribution in [0.25, 0.3) is 9.69 Å². The zero-order valence-electron chi connectivity index (χ0n) is 34.0. The van der Waals surface area contributed by atoms with Gasteiger partial charge in [-0.25, -0.2) is 32.3 Å². The van der Waals surface area contributed by atoms with E-state index in [0.29, 0.717) is 29.0 Å². The van der Waals surface area contributed by atoms with Gasteiger partial charge in [-0.15, -0.1) is 0 Å². The molecule has 0 radical (unpaired) electrons. The molecule has 0 bridgehead atoms. The summed E-state index contributed by atoms with van der Waals surface area (Å²) in [6.07, 6.45) is 1.32. The van der Waals surface area contributed by atoms with Crippen molar-refractivity contribution in [3.8, 4) is 0 Å². The molecule has 4 aromatic rings. The van der Waals surface area contributed by atoms with Gasteiger partial charge in [0, 0.05) is 62.0 Å². The number of rotatable bonds is 11. The molecule has 2 aliphatic carbocycles. The molecule has 0 spiro atoms. The Balaban J connectivity index is 0.000000186. The van der Waals surface area contributed by atoms with Gasteiger partial charge in [-0.3, -0.25) is 14.6 Å². The van der Waals surface area contributed by atoms with Gasteiger partial charge in [-0.1, -0.05) is 36.4 Å². The Kier molecular flexibility index (Phi) is 12.5. The second kappa shape index (κ2) is 18.3. The number of nitrogens with zero attached hydrogens (tertiary/aromatic N) is 6. The number of carbonyl (C=O) groups is 5. The first-order valence-electron chi connectivity index (χ1n) is 19.9. The normalized spacial score (nSPS) is 19.0. The zero-order chi connectivity index (χ0) is 43.9. The first kappa shape index (κ1) is 42.4. The molecular weight excluding hydrogens is 797 g/mol. The molecule has 16 nitrogen and oxygen atoms in total. The maximum absolute atomic E-state index is 12.4. The van der Waals surface area contributed by atoms with Crippen molar-refractivity contribution in [2.45, 2.75) is 62.8 Å². The van der Waals surface area contributed by atoms with E-state index in [0.717, 1.165) is 41.9 Å². The summed E-state index contributed by atoms with van der Waals surface area (Å²) in [5.41, 5.74) is 3.20. The van der Waals surface area contributed by atoms with Crippen molar-refractivity contribution >= 4 is 47.3 Å². The fourth-order valence-corrected chi connectivity index (χ4v) is 6.83. The molecule has 0 unspecified atom stereocenters. The van der Waals surface area contributed by atoms with Crippen LogP contribution in [0.5, 0.6) is 0 Å². The number of anilines is 2. The summed E-state index contributed by atoms with van der Waals surface area (Å²) in [4.78, 5) is 81.2. The Morgan fingerprint density at radius 2 is 1.15 bits per heavy atom. The number of hydrogen-bond acceptors (Lipinski definition) is 11. The highest BCUT2D eigenvalue weighted by Crippen LogP contribution is 2.50. The topological polar surface area (TPSA) is 162 Å². The van der Waals surface area contributed by atoms with Gasteiger partial charge in [0.25, 0.3) is 17.0 Å². The van der Waals surface area contributed by atoms with E-state index in [-0.39, 0.29) is 31.1 Å². The minimum absolute atomic E-state index is 0.0743. The number of carbonyl (C=O) groups excluding carboxylic acids is 5. The van der Waals surface area contributed by atoms with E-state index in [1.165, 1.54) is 16.7 Å². The van der Waals surface area contributed by atoms with Crippen LogP contribution in [-0.2, 0) is 39.8 Å². The number of cyclic esters (lactones) is 2. The Morgan fingerprint density at radius 1 is 0.694 bits per heavy atom. The van der Waals surface area contributed by atoms with E-state index >= 15 is 0 Å². The molecule has 2 aliphatic heterocycles. The molecule has 2 atom stereocenters. The lowest BCUT2D eigenvalue weighted by atomic mass is 10.1. The standard InChI is InChI=1S/2C23H21N3O5/c1-16(25-31-21(27)17-6-4-3-5-7-17)29-15-20-14-26(22(28)30-20)19-10-8-18(9-11-19)23(24-2)12-13-23;1-16(27)26(31-21(28)17-6-4-3-5-7-17)15-20-14-25(22(29)30-20)19-10-8-18(9-11-19)23(24-2)12-13-23/h2*3-11,20H,12-15H2,1H3/b25-16+;/t2*20-/m11/s1. The third-order valence-electron chi connectivity index (χ3n) is 10.7. The summed E-state index contributed by atoms with van der Waals surface area (Å²) in [5.74, 6) is -1.58. The van der Waals surface area contributed by atoms with Crippen LogP contribution in [0, 0.1) is 13.1 Å². The van der Waals surface area contributed by atoms with E-state index in [4.69, 9.17) is 37.0 Å². The summed E-state index contributed by atoms with van der Waals surface area (Å²) in [6, 6.07) is 31.6. The second-order valence-electron chi connectivity index (χ2n) is 15.1. The lowest BCUT2D eigenvalue weighted by Crippen LogP contribution is -2.39. The maximum Gasteiger partial charge on any atom is 0.414 e. The van der Waals surface area contributed by atoms with Gasteiger partial charge in [0.1, 0.15) is 12.7 Å². The molecule has 16 heteroatoms. The lowest BCUT2D eigenvalue weighted by Gasteiger charge is -2.22. The predicted molar refractivity (Wildman–Crippen MR) is 223 cm³/mol. The molecule has 2 saturated heterocycles. The van der Waals surface area contributed by atoms with Gasteiger partial charge in [0.05, 0.1) is 30.8 Å². The van der Waals surface area contributed by atoms with Crippen LogP contribution in [-0.4, -0.2) is 79.4 Å². The van der Waals surface area contributed by atoms with Gasteiger partial charge in [-0.2, -0.15) is 5.06 Å². The number of benzene rings is 4. The maximum atomic E-state index is 12.4. The molecule has 62 heavy (non-hydrogen) atoms. The van der Waals surface area contributed by atoms with Crippen molar-refractivity contribution in [2.24, 2.45) is 5.16 Å². The molecule has 8 rings (SSSR count). The molecule has 4 fully saturated rings. The first-order valence-corrected chi connectivity index (χ1v) is 19.9. The van der Waals surface area contributed by atoms with Crippen LogP contribution < -0.4 is 9.80 Å². The molecule has 4 aromatic carbocycles. The van der Waals surface area contributed by atoms with Gasteiger partial charge < -0.3 is 33.6 Å². The molecule has 316 valence electrons. The van der Waals surface area contributed by atoms with Crippen LogP contribution >= 0.6 is 0 Å². The number of amides is 3. The summed E-state index contributed by atoms with van der Waals surface area (Å²) in [5, 5.41) is 4.58. The lowest BCUT2D eigenvalue weighted by molar-refractivity contribution is -0.169. The largest absolute Gasteiger partial charge is 0.475 e. The third kappa shape index (κ3) is 9.83. The summed E-state index contributed by atoms with van der Waals surface area (Å²) in [6.45, 7) is 18.1. The van der Waals surface area contributed by atoms with Crippen molar-refractivity contribution in [1.29, 1.82) is 0 Å². The van der Waals surface area contributed by atoms with Crippen LogP contribution in [0.1, 0.15) is 71.4 Å². The number of hydrogen-bond donors (Lipinski definition) is 0. The highest BCUT2D eigenvalue weighted by Gasteiger charge is 2.53. The fourth-order valence-electron chi connectivity index (χ4n) is 6.83. The smallest absolute Gasteiger partial charge is 0.414 e. The molecule has 0 N–H and O–H groups in total. The van der Waals surface area contributed by atoms with Gasteiger partial charge in [0.15, 0.2) is 6.10 Å². The number of oxime groups is 1. The third-order valence-corrected chi connectivity index (χ3v) is 10.7. The van der Waals surface area contributed by atoms with Crippen molar-refractivity contribution < 1.29 is 47.9 Å². The SMILES string of the molecule is [C-]#[N+]C1(c2ccc(N3C[C@H](CN(OC(=O)c4ccccc4)C(C)=O)OC3=O)cc2)CC1.[C-]#[N+]C1(c2ccc(N3C[C@H](CO/C(C)=N/OC(=O)c4ccccc4)OC3=O)cc2)CC1. The van der Waals surface area contributed by atoms with Gasteiger partial charge >= 0.3 is 24.1 Å². The highest BCUT2D eigenvalue weighted by molar-refractivity contribution is 5.92. The summed E-state index contributed by atoms with van der Waals surface area (Å²) >= 11 is 0. The van der Waals surface area contributed by atoms with E-state index in [2.05, 4.69) is 14.8 Å². The number of hydroxylamine groups is 2. The minimum atomic E-state index is -0.665. The summed E-state index contributed by atoms with van der Waals surface area (Å²) in [7, 11) is 0. The van der Waals surface area contributed by atoms with Crippen LogP contribution in [0.4, 0.5) is 21.0 Å². The van der Waals surface area contributed by atoms with Gasteiger partial charge in [0.2, 0.25) is 5.90 Å². The van der Waals surface area contributed by atoms with Crippen molar-refractivity contribution in [2.75, 3.05) is 36.0 Å². The monoisotopic (exact) mass is 838 g/mol. The summed E-state index contributed by atoms with van der Waals surface area (Å²) < 4.78 is 16.2. The Bertz CT molecular complexity index is 2420. The molecule has 3 amide bonds. The Hall–Kier alpha value is -7.72. The zero-order valence-corrected chi connectivity index (χ0v) is 34.0. The average molecular weight is 839 g/mol. The Labute approximate surface area is 357 Å². The van der Waals surface area contributed by atoms with Gasteiger partial charge in [-0.05, 0) is 78.0 Å². The van der Waals surface area contributed by atoms with E-state index in [1.807, 2.05) is 36.4 Å². The number of ether oxygens (including phenoxy) is 3. The molecule has 2 saturated carbocycles. The quantitative estimate of drug-likeness (QED) is 0.0482. The van der Waals surface area contributed by atoms with Crippen molar-refractivity contribution in [3.63, 3.8) is 0 Å². The van der Waals surface area contributed by atoms with Crippen LogP contribution in [0.15, 0.2) is 114 Å². The van der Waals surface area contributed by atoms with E-state index < -0.39 is 47.8 Å². The molecular formula is C46H42N6O10. The molecule has 4 aliphatic rings. The fraction of sp³-hybridized carbons (Fsp3) is 0.304. The first-order chi connectivity index (χ1) is 29.9. The van der Waals surface area contributed by atoms with E-state index in [1.54, 1.807) is 79.7 Å². The highest BCUT2D eigenvalue weighted by atomic mass is 16.7. The van der Waals surface area contributed by atoms with E-state index in [9.17, 15) is 24.0 Å².